The molecule has 0 fully saturated rings. The van der Waals surface area contributed by atoms with Gasteiger partial charge in [-0.05, 0) is 36.7 Å². The van der Waals surface area contributed by atoms with E-state index in [2.05, 4.69) is 4.98 Å². The summed E-state index contributed by atoms with van der Waals surface area (Å²) in [5, 5.41) is 0.791. The smallest absolute Gasteiger partial charge is 0.287 e. The Bertz CT molecular complexity index is 350. The van der Waals surface area contributed by atoms with E-state index in [0.29, 0.717) is 0 Å². The van der Waals surface area contributed by atoms with Crippen molar-refractivity contribution in [1.82, 2.24) is 9.88 Å². The second kappa shape index (κ2) is 4.46. The van der Waals surface area contributed by atoms with Crippen LogP contribution in [0.15, 0.2) is 17.3 Å². The van der Waals surface area contributed by atoms with Gasteiger partial charge >= 0.3 is 0 Å². The molecule has 4 heteroatoms. The Morgan fingerprint density at radius 1 is 1.43 bits per heavy atom. The number of hydrogen-bond donors (Lipinski definition) is 0. The summed E-state index contributed by atoms with van der Waals surface area (Å²) in [5.41, 5.74) is 2.16. The molecule has 76 valence electrons. The molecule has 1 amide bonds. The topological polar surface area (TPSA) is 33.2 Å². The first-order chi connectivity index (χ1) is 6.50. The molecule has 0 spiro atoms. The normalized spacial score (nSPS) is 10.0. The molecule has 1 rings (SSSR count). The average molecular weight is 210 g/mol. The Morgan fingerprint density at radius 2 is 2.07 bits per heavy atom. The second-order valence-corrected chi connectivity index (χ2v) is 4.34. The van der Waals surface area contributed by atoms with Gasteiger partial charge in [-0.25, -0.2) is 4.98 Å². The second-order valence-electron chi connectivity index (χ2n) is 3.40. The first-order valence-corrected chi connectivity index (χ1v) is 5.14. The maximum absolute atomic E-state index is 11.4. The van der Waals surface area contributed by atoms with Crippen molar-refractivity contribution in [3.63, 3.8) is 0 Å². The van der Waals surface area contributed by atoms with Crippen LogP contribution in [0.3, 0.4) is 0 Å². The van der Waals surface area contributed by atoms with Crippen LogP contribution in [0.1, 0.15) is 11.1 Å². The fourth-order valence-electron chi connectivity index (χ4n) is 0.984. The Kier molecular flexibility index (Phi) is 3.52. The molecular weight excluding hydrogens is 196 g/mol. The number of aromatic nitrogens is 1. The van der Waals surface area contributed by atoms with Crippen molar-refractivity contribution < 1.29 is 4.79 Å². The molecule has 0 aliphatic rings. The van der Waals surface area contributed by atoms with Crippen molar-refractivity contribution in [1.29, 1.82) is 0 Å². The Labute approximate surface area is 88.5 Å². The van der Waals surface area contributed by atoms with E-state index in [1.165, 1.54) is 0 Å². The lowest BCUT2D eigenvalue weighted by Gasteiger charge is -2.09. The lowest BCUT2D eigenvalue weighted by atomic mass is 10.2. The number of amides is 1. The van der Waals surface area contributed by atoms with Crippen LogP contribution in [0.4, 0.5) is 4.79 Å². The molecule has 1 aromatic rings. The van der Waals surface area contributed by atoms with Crippen molar-refractivity contribution in [3.8, 4) is 0 Å². The van der Waals surface area contributed by atoms with Crippen LogP contribution >= 0.6 is 11.8 Å². The minimum Gasteiger partial charge on any atom is -0.339 e. The highest BCUT2D eigenvalue weighted by Gasteiger charge is 2.09. The quantitative estimate of drug-likeness (QED) is 0.668. The molecule has 0 bridgehead atoms. The number of carbonyl (C=O) groups is 1. The summed E-state index contributed by atoms with van der Waals surface area (Å²) in [5.74, 6) is 0. The third kappa shape index (κ3) is 2.73. The average Bonchev–Trinajstić information content (AvgIpc) is 2.09. The van der Waals surface area contributed by atoms with E-state index in [9.17, 15) is 4.79 Å². The third-order valence-corrected chi connectivity index (χ3v) is 2.88. The van der Waals surface area contributed by atoms with Crippen molar-refractivity contribution in [2.24, 2.45) is 0 Å². The lowest BCUT2D eigenvalue weighted by Crippen LogP contribution is -2.16. The van der Waals surface area contributed by atoms with Crippen molar-refractivity contribution >= 4 is 17.0 Å². The number of rotatable bonds is 1. The van der Waals surface area contributed by atoms with Gasteiger partial charge in [0.2, 0.25) is 0 Å². The van der Waals surface area contributed by atoms with Crippen LogP contribution in [0.2, 0.25) is 0 Å². The summed E-state index contributed by atoms with van der Waals surface area (Å²) in [7, 11) is 3.47. The predicted octanol–water partition coefficient (Wildman–Crippen LogP) is 2.47. The van der Waals surface area contributed by atoms with Gasteiger partial charge in [0.15, 0.2) is 0 Å². The first kappa shape index (κ1) is 11.0. The summed E-state index contributed by atoms with van der Waals surface area (Å²) < 4.78 is 0. The Balaban J connectivity index is 2.82. The molecule has 3 nitrogen and oxygen atoms in total. The molecule has 1 aromatic heterocycles. The maximum Gasteiger partial charge on any atom is 0.287 e. The monoisotopic (exact) mass is 210 g/mol. The summed E-state index contributed by atoms with van der Waals surface area (Å²) in [4.78, 5) is 17.2. The third-order valence-electron chi connectivity index (χ3n) is 1.72. The van der Waals surface area contributed by atoms with Gasteiger partial charge in [-0.1, -0.05) is 6.07 Å². The van der Waals surface area contributed by atoms with Crippen molar-refractivity contribution in [2.75, 3.05) is 14.1 Å². The van der Waals surface area contributed by atoms with E-state index in [-0.39, 0.29) is 5.24 Å². The minimum absolute atomic E-state index is 0.00412. The van der Waals surface area contributed by atoms with Crippen LogP contribution in [0.25, 0.3) is 0 Å². The van der Waals surface area contributed by atoms with E-state index in [1.54, 1.807) is 25.2 Å². The number of nitrogens with zero attached hydrogens (tertiary/aromatic N) is 2. The number of thioether (sulfide) groups is 1. The molecule has 0 aromatic carbocycles. The molecular formula is C10H14N2OS. The Morgan fingerprint density at radius 3 is 2.57 bits per heavy atom. The molecule has 0 aliphatic heterocycles. The zero-order valence-corrected chi connectivity index (χ0v) is 9.68. The molecule has 0 radical (unpaired) electrons. The molecule has 0 atom stereocenters. The van der Waals surface area contributed by atoms with Gasteiger partial charge in [0.1, 0.15) is 5.03 Å². The molecule has 14 heavy (non-hydrogen) atoms. The largest absolute Gasteiger partial charge is 0.339 e. The minimum atomic E-state index is 0.00412. The summed E-state index contributed by atoms with van der Waals surface area (Å²) in [6.07, 6.45) is 1.78. The van der Waals surface area contributed by atoms with E-state index in [4.69, 9.17) is 0 Å². The maximum atomic E-state index is 11.4. The predicted molar refractivity (Wildman–Crippen MR) is 58.7 cm³/mol. The van der Waals surface area contributed by atoms with Crippen LogP contribution in [0, 0.1) is 13.8 Å². The zero-order valence-electron chi connectivity index (χ0n) is 8.87. The first-order valence-electron chi connectivity index (χ1n) is 4.33. The molecule has 1 heterocycles. The fourth-order valence-corrected chi connectivity index (χ4v) is 1.66. The highest BCUT2D eigenvalue weighted by Crippen LogP contribution is 2.22. The Hall–Kier alpha value is -1.03. The molecule has 0 saturated carbocycles. The number of pyridine rings is 1. The van der Waals surface area contributed by atoms with Gasteiger partial charge < -0.3 is 4.90 Å². The van der Waals surface area contributed by atoms with Gasteiger partial charge in [0, 0.05) is 20.3 Å². The molecule has 0 saturated heterocycles. The highest BCUT2D eigenvalue weighted by atomic mass is 32.2. The van der Waals surface area contributed by atoms with E-state index < -0.39 is 0 Å². The number of hydrogen-bond acceptors (Lipinski definition) is 3. The molecule has 0 aliphatic carbocycles. The van der Waals surface area contributed by atoms with E-state index >= 15 is 0 Å². The fraction of sp³-hybridized carbons (Fsp3) is 0.400. The van der Waals surface area contributed by atoms with Gasteiger partial charge in [-0.3, -0.25) is 4.79 Å². The van der Waals surface area contributed by atoms with Crippen molar-refractivity contribution in [3.05, 3.63) is 23.4 Å². The van der Waals surface area contributed by atoms with E-state index in [1.807, 2.05) is 19.9 Å². The van der Waals surface area contributed by atoms with Gasteiger partial charge in [0.25, 0.3) is 5.24 Å². The van der Waals surface area contributed by atoms with Crippen LogP contribution in [-0.2, 0) is 0 Å². The lowest BCUT2D eigenvalue weighted by molar-refractivity contribution is 0.241. The van der Waals surface area contributed by atoms with Crippen LogP contribution in [-0.4, -0.2) is 29.2 Å². The van der Waals surface area contributed by atoms with Crippen LogP contribution in [0.5, 0.6) is 0 Å². The summed E-state index contributed by atoms with van der Waals surface area (Å²) >= 11 is 1.16. The standard InChI is InChI=1S/C10H14N2OS/c1-7-5-8(2)9(11-6-7)14-10(13)12(3)4/h5-6H,1-4H3. The van der Waals surface area contributed by atoms with Gasteiger partial charge in [0.05, 0.1) is 0 Å². The highest BCUT2D eigenvalue weighted by molar-refractivity contribution is 8.13. The summed E-state index contributed by atoms with van der Waals surface area (Å²) in [6.45, 7) is 3.95. The number of aryl methyl sites for hydroxylation is 2. The SMILES string of the molecule is Cc1cnc(SC(=O)N(C)C)c(C)c1. The van der Waals surface area contributed by atoms with Crippen LogP contribution < -0.4 is 0 Å². The van der Waals surface area contributed by atoms with Gasteiger partial charge in [-0.2, -0.15) is 0 Å². The molecule has 0 unspecified atom stereocenters. The number of carbonyl (C=O) groups excluding carboxylic acids is 1. The zero-order chi connectivity index (χ0) is 10.7. The van der Waals surface area contributed by atoms with E-state index in [0.717, 1.165) is 27.9 Å². The summed E-state index contributed by atoms with van der Waals surface area (Å²) in [6, 6.07) is 2.03. The molecule has 0 N–H and O–H groups in total. The van der Waals surface area contributed by atoms with Gasteiger partial charge in [-0.15, -0.1) is 0 Å². The van der Waals surface area contributed by atoms with Crippen molar-refractivity contribution in [2.45, 2.75) is 18.9 Å².